The summed E-state index contributed by atoms with van der Waals surface area (Å²) in [6.45, 7) is 1.87. The zero-order valence-corrected chi connectivity index (χ0v) is 8.44. The first kappa shape index (κ1) is 9.84. The molecule has 0 radical (unpaired) electrons. The van der Waals surface area contributed by atoms with E-state index in [1.807, 2.05) is 6.07 Å². The van der Waals surface area contributed by atoms with Crippen molar-refractivity contribution in [2.75, 3.05) is 18.0 Å². The molecule has 2 heterocycles. The number of aromatic nitrogens is 1. The van der Waals surface area contributed by atoms with Crippen molar-refractivity contribution >= 4 is 12.5 Å². The van der Waals surface area contributed by atoms with Crippen LogP contribution in [-0.4, -0.2) is 24.8 Å². The molecule has 0 aromatic carbocycles. The molecule has 4 nitrogen and oxygen atoms in total. The molecule has 0 amide bonds. The maximum absolute atomic E-state index is 11.1. The highest BCUT2D eigenvalue weighted by molar-refractivity contribution is 6.67. The number of aromatic amines is 1. The van der Waals surface area contributed by atoms with Gasteiger partial charge in [-0.15, -0.1) is 0 Å². The Kier molecular flexibility index (Phi) is 2.77. The third-order valence-corrected chi connectivity index (χ3v) is 2.77. The predicted octanol–water partition coefficient (Wildman–Crippen LogP) is 0.752. The van der Waals surface area contributed by atoms with Crippen molar-refractivity contribution in [2.45, 2.75) is 12.6 Å². The molecule has 0 atom stereocenters. The van der Waals surface area contributed by atoms with Gasteiger partial charge in [-0.25, -0.2) is 5.26 Å². The first-order valence-corrected chi connectivity index (χ1v) is 5.13. The van der Waals surface area contributed by atoms with Gasteiger partial charge in [0.1, 0.15) is 5.82 Å². The monoisotopic (exact) mass is 201 g/mol. The normalized spacial score (nSPS) is 16.2. The second-order valence-electron chi connectivity index (χ2n) is 3.79. The fourth-order valence-corrected chi connectivity index (χ4v) is 1.87. The molecule has 0 aliphatic carbocycles. The molecule has 1 N–H and O–H groups in total. The number of H-pyrrole nitrogens is 1. The van der Waals surface area contributed by atoms with E-state index in [9.17, 15) is 4.79 Å². The zero-order valence-electron chi connectivity index (χ0n) is 8.44. The molecule has 76 valence electrons. The Morgan fingerprint density at radius 3 is 2.73 bits per heavy atom. The molecule has 0 bridgehead atoms. The van der Waals surface area contributed by atoms with E-state index in [4.69, 9.17) is 5.26 Å². The number of nitriles is 1. The lowest BCUT2D eigenvalue weighted by Gasteiger charge is -2.29. The summed E-state index contributed by atoms with van der Waals surface area (Å²) in [4.78, 5) is 16.0. The Bertz CT molecular complexity index is 429. The van der Waals surface area contributed by atoms with Crippen LogP contribution in [0.5, 0.6) is 0 Å². The van der Waals surface area contributed by atoms with Crippen LogP contribution in [0, 0.1) is 11.2 Å². The molecule has 0 unspecified atom stereocenters. The number of hydrogen-bond acceptors (Lipinski definition) is 3. The summed E-state index contributed by atoms with van der Waals surface area (Å²) in [5.41, 5.74) is -0.0742. The van der Waals surface area contributed by atoms with Gasteiger partial charge in [-0.2, -0.15) is 0 Å². The molecule has 1 fully saturated rings. The topological polar surface area (TPSA) is 59.9 Å². The van der Waals surface area contributed by atoms with Crippen molar-refractivity contribution in [1.29, 1.82) is 5.26 Å². The van der Waals surface area contributed by atoms with Crippen molar-refractivity contribution in [3.05, 3.63) is 28.6 Å². The van der Waals surface area contributed by atoms with Crippen LogP contribution in [-0.2, 0) is 0 Å². The van der Waals surface area contributed by atoms with E-state index in [0.717, 1.165) is 31.5 Å². The molecule has 0 spiro atoms. The Hall–Kier alpha value is -1.70. The molecule has 2 rings (SSSR count). The van der Waals surface area contributed by atoms with Gasteiger partial charge >= 0.3 is 0 Å². The van der Waals surface area contributed by atoms with Crippen molar-refractivity contribution in [3.8, 4) is 5.97 Å². The first-order chi connectivity index (χ1) is 7.29. The summed E-state index contributed by atoms with van der Waals surface area (Å²) in [7, 11) is 0. The summed E-state index contributed by atoms with van der Waals surface area (Å²) >= 11 is 0. The van der Waals surface area contributed by atoms with Gasteiger partial charge in [-0.1, -0.05) is 6.07 Å². The smallest absolute Gasteiger partial charge is 0.271 e. The molecular formula is C10H12BN3O. The third-order valence-electron chi connectivity index (χ3n) is 2.77. The van der Waals surface area contributed by atoms with E-state index >= 15 is 0 Å². The molecule has 1 aromatic rings. The molecular weight excluding hydrogens is 189 g/mol. The van der Waals surface area contributed by atoms with Gasteiger partial charge in [0.05, 0.1) is 0 Å². The fourth-order valence-electron chi connectivity index (χ4n) is 1.87. The maximum atomic E-state index is 11.1. The minimum Gasteiger partial charge on any atom is -0.359 e. The third kappa shape index (κ3) is 2.21. The number of hydrogen-bond donors (Lipinski definition) is 1. The van der Waals surface area contributed by atoms with Gasteiger partial charge in [0.25, 0.3) is 6.71 Å². The van der Waals surface area contributed by atoms with E-state index in [1.54, 1.807) is 6.07 Å². The minimum absolute atomic E-state index is 0.0742. The van der Waals surface area contributed by atoms with Crippen LogP contribution in [0.25, 0.3) is 0 Å². The average molecular weight is 201 g/mol. The van der Waals surface area contributed by atoms with Crippen LogP contribution in [0.3, 0.4) is 0 Å². The van der Waals surface area contributed by atoms with Crippen LogP contribution < -0.4 is 10.5 Å². The Morgan fingerprint density at radius 2 is 2.13 bits per heavy atom. The average Bonchev–Trinajstić information content (AvgIpc) is 2.29. The summed E-state index contributed by atoms with van der Waals surface area (Å²) in [5, 5.41) is 8.77. The van der Waals surface area contributed by atoms with Crippen LogP contribution >= 0.6 is 0 Å². The molecule has 1 saturated heterocycles. The lowest BCUT2D eigenvalue weighted by molar-refractivity contribution is 0.803. The Labute approximate surface area is 88.6 Å². The summed E-state index contributed by atoms with van der Waals surface area (Å²) in [6.07, 6.45) is 1.76. The van der Waals surface area contributed by atoms with E-state index in [2.05, 4.69) is 15.9 Å². The standard InChI is InChI=1S/C10H12BN3O/c12-8-11-4-6-14(7-5-11)9-2-1-3-10(15)13-9/h1-3H,4-7H2,(H,13,15). The van der Waals surface area contributed by atoms with E-state index in [0.29, 0.717) is 0 Å². The number of rotatable bonds is 1. The first-order valence-electron chi connectivity index (χ1n) is 5.13. The summed E-state index contributed by atoms with van der Waals surface area (Å²) < 4.78 is 0. The maximum Gasteiger partial charge on any atom is 0.271 e. The van der Waals surface area contributed by atoms with Crippen molar-refractivity contribution in [2.24, 2.45) is 0 Å². The van der Waals surface area contributed by atoms with Crippen LogP contribution in [0.1, 0.15) is 0 Å². The largest absolute Gasteiger partial charge is 0.359 e. The van der Waals surface area contributed by atoms with E-state index in [1.165, 1.54) is 6.07 Å². The van der Waals surface area contributed by atoms with Crippen molar-refractivity contribution in [1.82, 2.24) is 4.98 Å². The summed E-state index contributed by atoms with van der Waals surface area (Å²) in [5.74, 6) is 3.15. The number of nitrogens with one attached hydrogen (secondary N) is 1. The SMILES string of the molecule is N#CB1CCN(c2cccc(=O)[nH]2)CC1. The highest BCUT2D eigenvalue weighted by Crippen LogP contribution is 2.16. The zero-order chi connectivity index (χ0) is 10.7. The lowest BCUT2D eigenvalue weighted by Crippen LogP contribution is -2.37. The Morgan fingerprint density at radius 1 is 1.40 bits per heavy atom. The van der Waals surface area contributed by atoms with Crippen molar-refractivity contribution in [3.63, 3.8) is 0 Å². The van der Waals surface area contributed by atoms with Gasteiger partial charge in [0.2, 0.25) is 5.56 Å². The number of pyridine rings is 1. The molecule has 0 saturated carbocycles. The van der Waals surface area contributed by atoms with Gasteiger partial charge in [0.15, 0.2) is 0 Å². The number of anilines is 1. The molecule has 1 aliphatic heterocycles. The molecule has 5 heteroatoms. The van der Waals surface area contributed by atoms with Crippen LogP contribution in [0.4, 0.5) is 5.82 Å². The van der Waals surface area contributed by atoms with Gasteiger partial charge in [-0.05, 0) is 18.7 Å². The second kappa shape index (κ2) is 4.22. The second-order valence-corrected chi connectivity index (χ2v) is 3.79. The molecule has 1 aromatic heterocycles. The van der Waals surface area contributed by atoms with E-state index < -0.39 is 0 Å². The number of nitrogens with zero attached hydrogens (tertiary/aromatic N) is 2. The summed E-state index contributed by atoms with van der Waals surface area (Å²) in [6, 6.07) is 5.16. The van der Waals surface area contributed by atoms with Crippen LogP contribution in [0.15, 0.2) is 23.0 Å². The van der Waals surface area contributed by atoms with Crippen LogP contribution in [0.2, 0.25) is 12.6 Å². The molecule has 15 heavy (non-hydrogen) atoms. The van der Waals surface area contributed by atoms with Gasteiger partial charge in [-0.3, -0.25) is 4.79 Å². The molecule has 1 aliphatic rings. The Balaban J connectivity index is 2.08. The minimum atomic E-state index is -0.0742. The van der Waals surface area contributed by atoms with E-state index in [-0.39, 0.29) is 12.3 Å². The predicted molar refractivity (Wildman–Crippen MR) is 60.3 cm³/mol. The highest BCUT2D eigenvalue weighted by Gasteiger charge is 2.22. The van der Waals surface area contributed by atoms with Crippen molar-refractivity contribution < 1.29 is 0 Å². The van der Waals surface area contributed by atoms with Gasteiger partial charge < -0.3 is 9.88 Å². The lowest BCUT2D eigenvalue weighted by atomic mass is 9.45. The van der Waals surface area contributed by atoms with Gasteiger partial charge in [0, 0.05) is 25.1 Å². The quantitative estimate of drug-likeness (QED) is 0.682. The fraction of sp³-hybridized carbons (Fsp3) is 0.400. The highest BCUT2D eigenvalue weighted by atomic mass is 16.1.